The van der Waals surface area contributed by atoms with E-state index in [9.17, 15) is 5.11 Å². The molecule has 1 aliphatic rings. The van der Waals surface area contributed by atoms with E-state index < -0.39 is 5.60 Å². The van der Waals surface area contributed by atoms with Crippen molar-refractivity contribution in [3.05, 3.63) is 35.4 Å². The molecule has 0 radical (unpaired) electrons. The summed E-state index contributed by atoms with van der Waals surface area (Å²) in [6.07, 6.45) is 4.08. The SMILES string of the molecule is CC(c1ccc(C2CCC2)cc1)C(C)(C)O. The first-order valence-electron chi connectivity index (χ1n) is 6.30. The van der Waals surface area contributed by atoms with Crippen LogP contribution in [0.2, 0.25) is 0 Å². The molecular weight excluding hydrogens is 196 g/mol. The van der Waals surface area contributed by atoms with Gasteiger partial charge in [0.15, 0.2) is 0 Å². The van der Waals surface area contributed by atoms with Gasteiger partial charge >= 0.3 is 0 Å². The minimum absolute atomic E-state index is 0.183. The standard InChI is InChI=1S/C15H22O/c1-11(15(2,3)16)12-7-9-14(10-8-12)13-5-4-6-13/h7-11,13,16H,4-6H2,1-3H3. The van der Waals surface area contributed by atoms with Crippen LogP contribution in [0.15, 0.2) is 24.3 Å². The molecule has 0 heterocycles. The largest absolute Gasteiger partial charge is 0.390 e. The third-order valence-electron chi connectivity index (χ3n) is 4.07. The van der Waals surface area contributed by atoms with Gasteiger partial charge in [0.05, 0.1) is 5.60 Å². The van der Waals surface area contributed by atoms with Crippen molar-refractivity contribution in [2.75, 3.05) is 0 Å². The first-order chi connectivity index (χ1) is 7.48. The van der Waals surface area contributed by atoms with Crippen LogP contribution in [0.4, 0.5) is 0 Å². The van der Waals surface area contributed by atoms with Crippen LogP contribution in [0.5, 0.6) is 0 Å². The molecule has 0 amide bonds. The van der Waals surface area contributed by atoms with Crippen molar-refractivity contribution in [2.24, 2.45) is 0 Å². The van der Waals surface area contributed by atoms with Gasteiger partial charge in [-0.3, -0.25) is 0 Å². The van der Waals surface area contributed by atoms with E-state index >= 15 is 0 Å². The Bertz CT molecular complexity index is 341. The average Bonchev–Trinajstić information content (AvgIpc) is 2.14. The fourth-order valence-corrected chi connectivity index (χ4v) is 2.21. The molecule has 1 aromatic rings. The second-order valence-electron chi connectivity index (χ2n) is 5.67. The van der Waals surface area contributed by atoms with Gasteiger partial charge in [0.2, 0.25) is 0 Å². The van der Waals surface area contributed by atoms with Crippen molar-refractivity contribution < 1.29 is 5.11 Å². The van der Waals surface area contributed by atoms with E-state index in [1.54, 1.807) is 0 Å². The van der Waals surface area contributed by atoms with Crippen molar-refractivity contribution in [2.45, 2.75) is 57.5 Å². The van der Waals surface area contributed by atoms with Crippen molar-refractivity contribution in [3.8, 4) is 0 Å². The Morgan fingerprint density at radius 3 is 2.12 bits per heavy atom. The fraction of sp³-hybridized carbons (Fsp3) is 0.600. The lowest BCUT2D eigenvalue weighted by Crippen LogP contribution is -2.26. The van der Waals surface area contributed by atoms with E-state index in [2.05, 4.69) is 31.2 Å². The zero-order chi connectivity index (χ0) is 11.8. The van der Waals surface area contributed by atoms with E-state index in [1.807, 2.05) is 13.8 Å². The summed E-state index contributed by atoms with van der Waals surface area (Å²) in [6, 6.07) is 8.83. The lowest BCUT2D eigenvalue weighted by Gasteiger charge is -2.28. The maximum atomic E-state index is 9.98. The molecule has 1 aliphatic carbocycles. The van der Waals surface area contributed by atoms with E-state index in [4.69, 9.17) is 0 Å². The zero-order valence-electron chi connectivity index (χ0n) is 10.5. The molecule has 1 N–H and O–H groups in total. The molecule has 1 atom stereocenters. The van der Waals surface area contributed by atoms with Crippen LogP contribution in [0.3, 0.4) is 0 Å². The molecular formula is C15H22O. The Balaban J connectivity index is 2.12. The molecule has 1 fully saturated rings. The van der Waals surface area contributed by atoms with Crippen molar-refractivity contribution in [1.29, 1.82) is 0 Å². The zero-order valence-corrected chi connectivity index (χ0v) is 10.5. The summed E-state index contributed by atoms with van der Waals surface area (Å²) in [4.78, 5) is 0. The van der Waals surface area contributed by atoms with Gasteiger partial charge in [-0.15, -0.1) is 0 Å². The van der Waals surface area contributed by atoms with Gasteiger partial charge in [-0.25, -0.2) is 0 Å². The minimum atomic E-state index is -0.641. The van der Waals surface area contributed by atoms with Crippen LogP contribution in [-0.4, -0.2) is 10.7 Å². The van der Waals surface area contributed by atoms with Crippen LogP contribution >= 0.6 is 0 Å². The van der Waals surface area contributed by atoms with Crippen molar-refractivity contribution in [1.82, 2.24) is 0 Å². The predicted molar refractivity (Wildman–Crippen MR) is 67.7 cm³/mol. The van der Waals surface area contributed by atoms with E-state index in [0.29, 0.717) is 0 Å². The Hall–Kier alpha value is -0.820. The molecule has 88 valence electrons. The van der Waals surface area contributed by atoms with Crippen LogP contribution in [-0.2, 0) is 0 Å². The molecule has 1 heteroatoms. The molecule has 1 unspecified atom stereocenters. The molecule has 1 aromatic carbocycles. The molecule has 0 aromatic heterocycles. The number of hydrogen-bond donors (Lipinski definition) is 1. The molecule has 0 spiro atoms. The van der Waals surface area contributed by atoms with Gasteiger partial charge in [0.1, 0.15) is 0 Å². The van der Waals surface area contributed by atoms with Gasteiger partial charge in [0, 0.05) is 5.92 Å². The summed E-state index contributed by atoms with van der Waals surface area (Å²) >= 11 is 0. The Morgan fingerprint density at radius 1 is 1.19 bits per heavy atom. The second-order valence-corrected chi connectivity index (χ2v) is 5.67. The normalized spacial score (nSPS) is 19.2. The second kappa shape index (κ2) is 4.21. The molecule has 16 heavy (non-hydrogen) atoms. The van der Waals surface area contributed by atoms with Gasteiger partial charge in [0.25, 0.3) is 0 Å². The van der Waals surface area contributed by atoms with Gasteiger partial charge in [-0.1, -0.05) is 37.6 Å². The highest BCUT2D eigenvalue weighted by Crippen LogP contribution is 2.37. The molecule has 2 rings (SSSR count). The van der Waals surface area contributed by atoms with Gasteiger partial charge in [-0.05, 0) is 43.7 Å². The van der Waals surface area contributed by atoms with E-state index in [1.165, 1.54) is 30.4 Å². The third kappa shape index (κ3) is 2.30. The van der Waals surface area contributed by atoms with Crippen molar-refractivity contribution in [3.63, 3.8) is 0 Å². The Kier molecular flexibility index (Phi) is 3.07. The average molecular weight is 218 g/mol. The fourth-order valence-electron chi connectivity index (χ4n) is 2.21. The lowest BCUT2D eigenvalue weighted by atomic mass is 9.79. The molecule has 1 saturated carbocycles. The molecule has 0 bridgehead atoms. The minimum Gasteiger partial charge on any atom is -0.390 e. The highest BCUT2D eigenvalue weighted by molar-refractivity contribution is 5.29. The maximum Gasteiger partial charge on any atom is 0.0657 e. The topological polar surface area (TPSA) is 20.2 Å². The molecule has 0 aliphatic heterocycles. The lowest BCUT2D eigenvalue weighted by molar-refractivity contribution is 0.0559. The van der Waals surface area contributed by atoms with Crippen molar-refractivity contribution >= 4 is 0 Å². The van der Waals surface area contributed by atoms with E-state index in [-0.39, 0.29) is 5.92 Å². The Labute approximate surface area is 98.5 Å². The number of aliphatic hydroxyl groups is 1. The summed E-state index contributed by atoms with van der Waals surface area (Å²) in [5, 5.41) is 9.98. The summed E-state index contributed by atoms with van der Waals surface area (Å²) in [7, 11) is 0. The monoisotopic (exact) mass is 218 g/mol. The highest BCUT2D eigenvalue weighted by atomic mass is 16.3. The summed E-state index contributed by atoms with van der Waals surface area (Å²) < 4.78 is 0. The van der Waals surface area contributed by atoms with Crippen LogP contribution < -0.4 is 0 Å². The molecule has 0 saturated heterocycles. The van der Waals surface area contributed by atoms with Gasteiger partial charge in [-0.2, -0.15) is 0 Å². The number of rotatable bonds is 3. The van der Waals surface area contributed by atoms with Gasteiger partial charge < -0.3 is 5.11 Å². The third-order valence-corrected chi connectivity index (χ3v) is 4.07. The predicted octanol–water partition coefficient (Wildman–Crippen LogP) is 3.83. The summed E-state index contributed by atoms with van der Waals surface area (Å²) in [6.45, 7) is 5.83. The number of hydrogen-bond acceptors (Lipinski definition) is 1. The quantitative estimate of drug-likeness (QED) is 0.817. The Morgan fingerprint density at radius 2 is 1.75 bits per heavy atom. The first kappa shape index (κ1) is 11.7. The summed E-state index contributed by atoms with van der Waals surface area (Å²) in [5.74, 6) is 0.981. The maximum absolute atomic E-state index is 9.98. The van der Waals surface area contributed by atoms with Crippen LogP contribution in [0.1, 0.15) is 63.0 Å². The van der Waals surface area contributed by atoms with E-state index in [0.717, 1.165) is 5.92 Å². The highest BCUT2D eigenvalue weighted by Gasteiger charge is 2.24. The smallest absolute Gasteiger partial charge is 0.0657 e. The first-order valence-corrected chi connectivity index (χ1v) is 6.30. The summed E-state index contributed by atoms with van der Waals surface area (Å²) in [5.41, 5.74) is 2.06. The van der Waals surface area contributed by atoms with Crippen LogP contribution in [0, 0.1) is 0 Å². The number of benzene rings is 1. The van der Waals surface area contributed by atoms with Crippen LogP contribution in [0.25, 0.3) is 0 Å². The molecule has 1 nitrogen and oxygen atoms in total.